The Morgan fingerprint density at radius 3 is 2.68 bits per heavy atom. The highest BCUT2D eigenvalue weighted by atomic mass is 16.5. The van der Waals surface area contributed by atoms with Crippen LogP contribution in [0.4, 0.5) is 0 Å². The molecule has 1 heterocycles. The van der Waals surface area contributed by atoms with Gasteiger partial charge in [-0.2, -0.15) is 0 Å². The Hall–Kier alpha value is -2.55. The maximum absolute atomic E-state index is 6.05. The third-order valence-corrected chi connectivity index (χ3v) is 5.81. The predicted octanol–water partition coefficient (Wildman–Crippen LogP) is 6.27. The Balaban J connectivity index is 1.42. The monoisotopic (exact) mass is 375 g/mol. The van der Waals surface area contributed by atoms with E-state index in [1.54, 1.807) is 0 Å². The molecule has 0 saturated heterocycles. The highest BCUT2D eigenvalue weighted by Gasteiger charge is 2.21. The fourth-order valence-corrected chi connectivity index (χ4v) is 4.14. The molecule has 4 rings (SSSR count). The van der Waals surface area contributed by atoms with Gasteiger partial charge in [-0.05, 0) is 67.5 Å². The van der Waals surface area contributed by atoms with Gasteiger partial charge in [-0.1, -0.05) is 37.6 Å². The van der Waals surface area contributed by atoms with Gasteiger partial charge in [-0.25, -0.2) is 4.98 Å². The Labute approximate surface area is 167 Å². The molecule has 1 unspecified atom stereocenters. The van der Waals surface area contributed by atoms with Gasteiger partial charge in [-0.15, -0.1) is 0 Å². The van der Waals surface area contributed by atoms with Gasteiger partial charge in [0.05, 0.1) is 12.3 Å². The third-order valence-electron chi connectivity index (χ3n) is 5.81. The van der Waals surface area contributed by atoms with E-state index in [0.29, 0.717) is 12.5 Å². The summed E-state index contributed by atoms with van der Waals surface area (Å²) in [5.41, 5.74) is 6.24. The van der Waals surface area contributed by atoms with Crippen LogP contribution >= 0.6 is 0 Å². The Bertz CT molecular complexity index is 940. The molecule has 1 aliphatic carbocycles. The molecule has 28 heavy (non-hydrogen) atoms. The Morgan fingerprint density at radius 2 is 1.93 bits per heavy atom. The van der Waals surface area contributed by atoms with Gasteiger partial charge in [0.1, 0.15) is 11.5 Å². The number of ether oxygens (including phenoxy) is 1. The van der Waals surface area contributed by atoms with Gasteiger partial charge < -0.3 is 9.15 Å². The molecule has 0 fully saturated rings. The number of aromatic nitrogens is 1. The van der Waals surface area contributed by atoms with Crippen LogP contribution in [0, 0.1) is 6.92 Å². The molecule has 0 aliphatic heterocycles. The van der Waals surface area contributed by atoms with Crippen LogP contribution in [0.2, 0.25) is 0 Å². The van der Waals surface area contributed by atoms with Crippen molar-refractivity contribution in [3.05, 3.63) is 70.6 Å². The number of hydrogen-bond donors (Lipinski definition) is 0. The third kappa shape index (κ3) is 3.84. The van der Waals surface area contributed by atoms with E-state index in [0.717, 1.165) is 41.5 Å². The number of aryl methyl sites for hydroxylation is 3. The topological polar surface area (TPSA) is 35.3 Å². The van der Waals surface area contributed by atoms with E-state index in [-0.39, 0.29) is 0 Å². The summed E-state index contributed by atoms with van der Waals surface area (Å²) in [5.74, 6) is 3.36. The molecule has 0 saturated carbocycles. The van der Waals surface area contributed by atoms with Crippen molar-refractivity contribution >= 4 is 0 Å². The average molecular weight is 376 g/mol. The second-order valence-corrected chi connectivity index (χ2v) is 7.71. The molecule has 3 heteroatoms. The molecule has 0 spiro atoms. The molecule has 0 bridgehead atoms. The molecule has 146 valence electrons. The van der Waals surface area contributed by atoms with Crippen LogP contribution in [-0.2, 0) is 19.3 Å². The van der Waals surface area contributed by atoms with Crippen molar-refractivity contribution in [1.82, 2.24) is 4.98 Å². The van der Waals surface area contributed by atoms with E-state index >= 15 is 0 Å². The average Bonchev–Trinajstić information content (AvgIpc) is 3.32. The van der Waals surface area contributed by atoms with Gasteiger partial charge in [0, 0.05) is 18.4 Å². The van der Waals surface area contributed by atoms with Crippen molar-refractivity contribution in [2.24, 2.45) is 0 Å². The molecule has 2 aromatic carbocycles. The first-order chi connectivity index (χ1) is 13.7. The molecule has 1 aliphatic rings. The van der Waals surface area contributed by atoms with E-state index in [1.807, 2.05) is 0 Å². The Morgan fingerprint density at radius 1 is 1.11 bits per heavy atom. The quantitative estimate of drug-likeness (QED) is 0.488. The number of fused-ring (bicyclic) bond motifs is 1. The molecule has 0 N–H and O–H groups in total. The predicted molar refractivity (Wildman–Crippen MR) is 113 cm³/mol. The lowest BCUT2D eigenvalue weighted by molar-refractivity contribution is 0.319. The van der Waals surface area contributed by atoms with Gasteiger partial charge in [0.2, 0.25) is 5.89 Å². The summed E-state index contributed by atoms with van der Waals surface area (Å²) >= 11 is 0. The molecular weight excluding hydrogens is 346 g/mol. The van der Waals surface area contributed by atoms with E-state index < -0.39 is 0 Å². The maximum atomic E-state index is 6.05. The van der Waals surface area contributed by atoms with Crippen LogP contribution in [0.15, 0.2) is 46.9 Å². The van der Waals surface area contributed by atoms with Crippen LogP contribution in [0.1, 0.15) is 60.8 Å². The molecular formula is C25H29NO2. The largest absolute Gasteiger partial charge is 0.493 e. The lowest BCUT2D eigenvalue weighted by Crippen LogP contribution is -2.04. The zero-order valence-electron chi connectivity index (χ0n) is 17.1. The summed E-state index contributed by atoms with van der Waals surface area (Å²) in [6.45, 7) is 7.08. The summed E-state index contributed by atoms with van der Waals surface area (Å²) in [6, 6.07) is 14.9. The standard InChI is InChI=1S/C25H29NO2/c1-4-18-10-11-20-16-21(12-13-22(18)20)27-15-14-23-24(5-2)28-25(26-23)19-8-6-17(3)7-9-19/h6-9,12-13,16,18H,4-5,10-11,14-15H2,1-3H3. The van der Waals surface area contributed by atoms with Gasteiger partial charge >= 0.3 is 0 Å². The normalized spacial score (nSPS) is 15.6. The van der Waals surface area contributed by atoms with Gasteiger partial charge in [-0.3, -0.25) is 0 Å². The fourth-order valence-electron chi connectivity index (χ4n) is 4.14. The molecule has 1 atom stereocenters. The summed E-state index contributed by atoms with van der Waals surface area (Å²) in [6.07, 6.45) is 5.27. The van der Waals surface area contributed by atoms with Crippen molar-refractivity contribution < 1.29 is 9.15 Å². The van der Waals surface area contributed by atoms with Gasteiger partial charge in [0.25, 0.3) is 0 Å². The zero-order valence-corrected chi connectivity index (χ0v) is 17.1. The minimum Gasteiger partial charge on any atom is -0.493 e. The van der Waals surface area contributed by atoms with Crippen molar-refractivity contribution in [3.8, 4) is 17.2 Å². The minimum absolute atomic E-state index is 0.614. The molecule has 0 amide bonds. The first-order valence-electron chi connectivity index (χ1n) is 10.5. The first kappa shape index (κ1) is 18.8. The molecule has 3 aromatic rings. The number of rotatable bonds is 7. The lowest BCUT2D eigenvalue weighted by atomic mass is 9.99. The Kier molecular flexibility index (Phi) is 5.52. The summed E-state index contributed by atoms with van der Waals surface area (Å²) in [5, 5.41) is 0. The summed E-state index contributed by atoms with van der Waals surface area (Å²) in [7, 11) is 0. The number of hydrogen-bond acceptors (Lipinski definition) is 3. The number of benzene rings is 2. The van der Waals surface area contributed by atoms with Crippen LogP contribution in [0.5, 0.6) is 5.75 Å². The molecule has 1 aromatic heterocycles. The van der Waals surface area contributed by atoms with Crippen molar-refractivity contribution in [3.63, 3.8) is 0 Å². The van der Waals surface area contributed by atoms with Crippen molar-refractivity contribution in [1.29, 1.82) is 0 Å². The van der Waals surface area contributed by atoms with E-state index in [4.69, 9.17) is 14.1 Å². The van der Waals surface area contributed by atoms with Gasteiger partial charge in [0.15, 0.2) is 0 Å². The highest BCUT2D eigenvalue weighted by Crippen LogP contribution is 2.37. The smallest absolute Gasteiger partial charge is 0.226 e. The van der Waals surface area contributed by atoms with E-state index in [1.165, 1.54) is 36.0 Å². The highest BCUT2D eigenvalue weighted by molar-refractivity contribution is 5.54. The van der Waals surface area contributed by atoms with E-state index in [9.17, 15) is 0 Å². The van der Waals surface area contributed by atoms with E-state index in [2.05, 4.69) is 63.2 Å². The first-order valence-corrected chi connectivity index (χ1v) is 10.5. The SMILES string of the molecule is CCc1oc(-c2ccc(C)cc2)nc1CCOc1ccc2c(c1)CCC2CC. The molecule has 0 radical (unpaired) electrons. The summed E-state index contributed by atoms with van der Waals surface area (Å²) < 4.78 is 12.1. The van der Waals surface area contributed by atoms with Crippen LogP contribution < -0.4 is 4.74 Å². The second-order valence-electron chi connectivity index (χ2n) is 7.71. The van der Waals surface area contributed by atoms with Crippen molar-refractivity contribution in [2.75, 3.05) is 6.61 Å². The van der Waals surface area contributed by atoms with Crippen molar-refractivity contribution in [2.45, 2.75) is 58.8 Å². The van der Waals surface area contributed by atoms with Crippen LogP contribution in [0.3, 0.4) is 0 Å². The summed E-state index contributed by atoms with van der Waals surface area (Å²) in [4.78, 5) is 4.74. The molecule has 3 nitrogen and oxygen atoms in total. The number of nitrogens with zero attached hydrogens (tertiary/aromatic N) is 1. The lowest BCUT2D eigenvalue weighted by Gasteiger charge is -2.10. The fraction of sp³-hybridized carbons (Fsp3) is 0.400. The van der Waals surface area contributed by atoms with Crippen LogP contribution in [0.25, 0.3) is 11.5 Å². The number of oxazole rings is 1. The second kappa shape index (κ2) is 8.22. The zero-order chi connectivity index (χ0) is 19.5. The van der Waals surface area contributed by atoms with Crippen LogP contribution in [-0.4, -0.2) is 11.6 Å². The maximum Gasteiger partial charge on any atom is 0.226 e. The minimum atomic E-state index is 0.614.